The lowest BCUT2D eigenvalue weighted by atomic mass is 9.80. The Hall–Kier alpha value is -1.06. The maximum Gasteiger partial charge on any atom is 0.119 e. The molecule has 1 aliphatic rings. The molecule has 1 N–H and O–H groups in total. The summed E-state index contributed by atoms with van der Waals surface area (Å²) < 4.78 is 11.0. The van der Waals surface area contributed by atoms with Crippen molar-refractivity contribution in [3.63, 3.8) is 0 Å². The second kappa shape index (κ2) is 6.40. The molecule has 0 spiro atoms. The van der Waals surface area contributed by atoms with Gasteiger partial charge in [0, 0.05) is 24.6 Å². The van der Waals surface area contributed by atoms with E-state index in [9.17, 15) is 0 Å². The molecule has 0 aromatic heterocycles. The van der Waals surface area contributed by atoms with Crippen molar-refractivity contribution in [2.75, 3.05) is 26.9 Å². The summed E-state index contributed by atoms with van der Waals surface area (Å²) in [7, 11) is 1.72. The predicted octanol–water partition coefficient (Wildman–Crippen LogP) is 2.64. The molecule has 1 saturated heterocycles. The fourth-order valence-corrected chi connectivity index (χ4v) is 2.63. The summed E-state index contributed by atoms with van der Waals surface area (Å²) in [5.41, 5.74) is 1.56. The molecular weight excluding hydrogens is 238 g/mol. The van der Waals surface area contributed by atoms with Crippen molar-refractivity contribution in [1.82, 2.24) is 5.32 Å². The number of hydrogen-bond donors (Lipinski definition) is 1. The van der Waals surface area contributed by atoms with Crippen LogP contribution in [-0.4, -0.2) is 32.9 Å². The van der Waals surface area contributed by atoms with Gasteiger partial charge < -0.3 is 14.8 Å². The van der Waals surface area contributed by atoms with Gasteiger partial charge >= 0.3 is 0 Å². The van der Waals surface area contributed by atoms with E-state index in [1.807, 2.05) is 6.07 Å². The van der Waals surface area contributed by atoms with Gasteiger partial charge in [-0.2, -0.15) is 0 Å². The van der Waals surface area contributed by atoms with Crippen molar-refractivity contribution in [2.45, 2.75) is 32.7 Å². The number of hydrogen-bond acceptors (Lipinski definition) is 3. The molecule has 19 heavy (non-hydrogen) atoms. The maximum atomic E-state index is 5.65. The zero-order valence-electron chi connectivity index (χ0n) is 12.2. The molecule has 1 fully saturated rings. The second-order valence-corrected chi connectivity index (χ2v) is 5.87. The summed E-state index contributed by atoms with van der Waals surface area (Å²) in [6.45, 7) is 7.12. The van der Waals surface area contributed by atoms with Crippen molar-refractivity contribution in [2.24, 2.45) is 5.41 Å². The average molecular weight is 263 g/mol. The van der Waals surface area contributed by atoms with Crippen LogP contribution < -0.4 is 10.1 Å². The summed E-state index contributed by atoms with van der Waals surface area (Å²) in [6, 6.07) is 8.89. The lowest BCUT2D eigenvalue weighted by molar-refractivity contribution is 0.148. The third-order valence-corrected chi connectivity index (χ3v) is 3.78. The Morgan fingerprint density at radius 1 is 1.42 bits per heavy atom. The minimum absolute atomic E-state index is 0.233. The highest BCUT2D eigenvalue weighted by molar-refractivity contribution is 5.29. The standard InChI is InChI=1S/C16H25NO2/c1-13(2)17-11-16(7-8-19-12-16)10-14-5-4-6-15(9-14)18-3/h4-6,9,13,17H,7-8,10-12H2,1-3H3. The van der Waals surface area contributed by atoms with E-state index >= 15 is 0 Å². The molecule has 1 atom stereocenters. The molecule has 2 rings (SSSR count). The normalized spacial score (nSPS) is 22.9. The minimum atomic E-state index is 0.233. The van der Waals surface area contributed by atoms with Gasteiger partial charge in [-0.05, 0) is 30.5 Å². The topological polar surface area (TPSA) is 30.5 Å². The van der Waals surface area contributed by atoms with Crippen LogP contribution in [0.3, 0.4) is 0 Å². The quantitative estimate of drug-likeness (QED) is 0.856. The van der Waals surface area contributed by atoms with Crippen LogP contribution in [0.15, 0.2) is 24.3 Å². The monoisotopic (exact) mass is 263 g/mol. The number of benzene rings is 1. The van der Waals surface area contributed by atoms with Gasteiger partial charge in [-0.3, -0.25) is 0 Å². The fraction of sp³-hybridized carbons (Fsp3) is 0.625. The largest absolute Gasteiger partial charge is 0.497 e. The highest BCUT2D eigenvalue weighted by atomic mass is 16.5. The summed E-state index contributed by atoms with van der Waals surface area (Å²) >= 11 is 0. The molecule has 0 radical (unpaired) electrons. The molecule has 1 aromatic carbocycles. The van der Waals surface area contributed by atoms with Crippen molar-refractivity contribution in [3.05, 3.63) is 29.8 Å². The third-order valence-electron chi connectivity index (χ3n) is 3.78. The number of rotatable bonds is 6. The Balaban J connectivity index is 2.07. The molecule has 3 heteroatoms. The summed E-state index contributed by atoms with van der Waals surface area (Å²) in [4.78, 5) is 0. The van der Waals surface area contributed by atoms with Crippen LogP contribution in [0.5, 0.6) is 5.75 Å². The maximum absolute atomic E-state index is 5.65. The SMILES string of the molecule is COc1cccc(CC2(CNC(C)C)CCOC2)c1. The summed E-state index contributed by atoms with van der Waals surface area (Å²) in [5.74, 6) is 0.934. The van der Waals surface area contributed by atoms with Crippen LogP contribution in [0.4, 0.5) is 0 Å². The average Bonchev–Trinajstić information content (AvgIpc) is 2.86. The molecule has 1 unspecified atom stereocenters. The molecule has 0 saturated carbocycles. The molecule has 0 bridgehead atoms. The molecule has 1 aliphatic heterocycles. The van der Waals surface area contributed by atoms with Crippen LogP contribution in [0.25, 0.3) is 0 Å². The summed E-state index contributed by atoms with van der Waals surface area (Å²) in [6.07, 6.45) is 2.17. The van der Waals surface area contributed by atoms with Gasteiger partial charge in [0.25, 0.3) is 0 Å². The molecular formula is C16H25NO2. The van der Waals surface area contributed by atoms with E-state index in [-0.39, 0.29) is 5.41 Å². The zero-order valence-corrected chi connectivity index (χ0v) is 12.2. The minimum Gasteiger partial charge on any atom is -0.497 e. The van der Waals surface area contributed by atoms with Crippen LogP contribution in [0.2, 0.25) is 0 Å². The van der Waals surface area contributed by atoms with Crippen LogP contribution in [-0.2, 0) is 11.2 Å². The molecule has 0 amide bonds. The van der Waals surface area contributed by atoms with Crippen LogP contribution in [0, 0.1) is 5.41 Å². The van der Waals surface area contributed by atoms with Crippen molar-refractivity contribution < 1.29 is 9.47 Å². The second-order valence-electron chi connectivity index (χ2n) is 5.87. The Labute approximate surface area is 116 Å². The van der Waals surface area contributed by atoms with Crippen molar-refractivity contribution >= 4 is 0 Å². The first kappa shape index (κ1) is 14.4. The molecule has 1 heterocycles. The van der Waals surface area contributed by atoms with Gasteiger partial charge in [0.1, 0.15) is 5.75 Å². The highest BCUT2D eigenvalue weighted by Crippen LogP contribution is 2.33. The van der Waals surface area contributed by atoms with E-state index in [2.05, 4.69) is 37.4 Å². The van der Waals surface area contributed by atoms with E-state index < -0.39 is 0 Å². The van der Waals surface area contributed by atoms with Crippen molar-refractivity contribution in [3.8, 4) is 5.75 Å². The Morgan fingerprint density at radius 2 is 2.26 bits per heavy atom. The number of nitrogens with one attached hydrogen (secondary N) is 1. The fourth-order valence-electron chi connectivity index (χ4n) is 2.63. The smallest absolute Gasteiger partial charge is 0.119 e. The lowest BCUT2D eigenvalue weighted by Gasteiger charge is -2.29. The van der Waals surface area contributed by atoms with Gasteiger partial charge in [0.2, 0.25) is 0 Å². The van der Waals surface area contributed by atoms with E-state index in [4.69, 9.17) is 9.47 Å². The number of ether oxygens (including phenoxy) is 2. The van der Waals surface area contributed by atoms with Gasteiger partial charge in [-0.25, -0.2) is 0 Å². The number of methoxy groups -OCH3 is 1. The van der Waals surface area contributed by atoms with E-state index in [1.54, 1.807) is 7.11 Å². The van der Waals surface area contributed by atoms with Gasteiger partial charge in [-0.1, -0.05) is 26.0 Å². The highest BCUT2D eigenvalue weighted by Gasteiger charge is 2.35. The van der Waals surface area contributed by atoms with Crippen LogP contribution in [0.1, 0.15) is 25.8 Å². The van der Waals surface area contributed by atoms with Crippen LogP contribution >= 0.6 is 0 Å². The molecule has 106 valence electrons. The predicted molar refractivity (Wildman–Crippen MR) is 77.7 cm³/mol. The molecule has 1 aromatic rings. The first-order valence-corrected chi connectivity index (χ1v) is 7.08. The molecule has 0 aliphatic carbocycles. The Bertz CT molecular complexity index is 397. The van der Waals surface area contributed by atoms with Gasteiger partial charge in [-0.15, -0.1) is 0 Å². The Morgan fingerprint density at radius 3 is 2.89 bits per heavy atom. The van der Waals surface area contributed by atoms with E-state index in [0.717, 1.165) is 38.3 Å². The first-order valence-electron chi connectivity index (χ1n) is 7.08. The first-order chi connectivity index (χ1) is 9.13. The Kier molecular flexibility index (Phi) is 4.83. The van der Waals surface area contributed by atoms with E-state index in [1.165, 1.54) is 5.56 Å². The van der Waals surface area contributed by atoms with E-state index in [0.29, 0.717) is 6.04 Å². The van der Waals surface area contributed by atoms with Crippen molar-refractivity contribution in [1.29, 1.82) is 0 Å². The molecule has 3 nitrogen and oxygen atoms in total. The van der Waals surface area contributed by atoms with Gasteiger partial charge in [0.15, 0.2) is 0 Å². The third kappa shape index (κ3) is 3.95. The summed E-state index contributed by atoms with van der Waals surface area (Å²) in [5, 5.41) is 3.57. The lowest BCUT2D eigenvalue weighted by Crippen LogP contribution is -2.39. The zero-order chi connectivity index (χ0) is 13.7. The van der Waals surface area contributed by atoms with Gasteiger partial charge in [0.05, 0.1) is 13.7 Å².